The van der Waals surface area contributed by atoms with Crippen LogP contribution in [-0.4, -0.2) is 42.5 Å². The molecule has 1 aliphatic rings. The molecule has 1 aliphatic heterocycles. The van der Waals surface area contributed by atoms with Crippen molar-refractivity contribution in [2.45, 2.75) is 19.3 Å². The Bertz CT molecular complexity index is 430. The normalized spacial score (nSPS) is 17.4. The van der Waals surface area contributed by atoms with Gasteiger partial charge in [0.05, 0.1) is 0 Å². The van der Waals surface area contributed by atoms with Crippen LogP contribution in [0.25, 0.3) is 0 Å². The number of carbonyl (C=O) groups is 1. The molecule has 0 aromatic carbocycles. The van der Waals surface area contributed by atoms with Crippen molar-refractivity contribution < 1.29 is 9.18 Å². The number of piperidine rings is 1. The van der Waals surface area contributed by atoms with Crippen molar-refractivity contribution in [1.82, 2.24) is 15.2 Å². The highest BCUT2D eigenvalue weighted by Crippen LogP contribution is 2.18. The Labute approximate surface area is 113 Å². The lowest BCUT2D eigenvalue weighted by molar-refractivity contribution is 0.0948. The molecule has 1 amide bonds. The summed E-state index contributed by atoms with van der Waals surface area (Å²) in [6.45, 7) is 2.92. The first-order valence-corrected chi connectivity index (χ1v) is 6.73. The van der Waals surface area contributed by atoms with Crippen molar-refractivity contribution in [1.29, 1.82) is 0 Å². The number of halogens is 1. The van der Waals surface area contributed by atoms with E-state index in [9.17, 15) is 9.18 Å². The number of rotatable bonds is 4. The Kier molecular flexibility index (Phi) is 4.85. The predicted octanol–water partition coefficient (Wildman–Crippen LogP) is 1.68. The van der Waals surface area contributed by atoms with Crippen LogP contribution in [0.4, 0.5) is 4.39 Å². The molecule has 0 bridgehead atoms. The number of likely N-dealkylation sites (tertiary alicyclic amines) is 1. The molecule has 4 nitrogen and oxygen atoms in total. The molecule has 1 N–H and O–H groups in total. The summed E-state index contributed by atoms with van der Waals surface area (Å²) in [5, 5.41) is 2.84. The van der Waals surface area contributed by atoms with Gasteiger partial charge in [-0.1, -0.05) is 0 Å². The van der Waals surface area contributed by atoms with E-state index < -0.39 is 5.95 Å². The molecule has 0 spiro atoms. The molecule has 0 unspecified atom stereocenters. The molecule has 2 heterocycles. The Morgan fingerprint density at radius 2 is 2.26 bits per heavy atom. The lowest BCUT2D eigenvalue weighted by Crippen LogP contribution is -2.32. The van der Waals surface area contributed by atoms with Gasteiger partial charge in [0.25, 0.3) is 5.91 Å². The predicted molar refractivity (Wildman–Crippen MR) is 71.4 cm³/mol. The molecule has 1 aromatic heterocycles. The highest BCUT2D eigenvalue weighted by Gasteiger charge is 2.16. The van der Waals surface area contributed by atoms with Crippen LogP contribution in [0, 0.1) is 11.9 Å². The molecule has 1 fully saturated rings. The van der Waals surface area contributed by atoms with E-state index in [4.69, 9.17) is 0 Å². The second-order valence-electron chi connectivity index (χ2n) is 5.16. The Morgan fingerprint density at radius 3 is 2.95 bits per heavy atom. The van der Waals surface area contributed by atoms with E-state index in [1.165, 1.54) is 25.1 Å². The van der Waals surface area contributed by atoms with Crippen molar-refractivity contribution in [2.75, 3.05) is 26.7 Å². The van der Waals surface area contributed by atoms with Crippen molar-refractivity contribution in [3.8, 4) is 0 Å². The largest absolute Gasteiger partial charge is 0.352 e. The monoisotopic (exact) mass is 265 g/mol. The van der Waals surface area contributed by atoms with E-state index in [0.717, 1.165) is 25.6 Å². The topological polar surface area (TPSA) is 45.2 Å². The van der Waals surface area contributed by atoms with Crippen LogP contribution in [0.2, 0.25) is 0 Å². The maximum Gasteiger partial charge on any atom is 0.251 e. The summed E-state index contributed by atoms with van der Waals surface area (Å²) in [4.78, 5) is 17.5. The number of amides is 1. The third kappa shape index (κ3) is 4.28. The molecule has 0 atom stereocenters. The van der Waals surface area contributed by atoms with Gasteiger partial charge in [-0.15, -0.1) is 0 Å². The van der Waals surface area contributed by atoms with Crippen molar-refractivity contribution >= 4 is 5.91 Å². The molecule has 5 heteroatoms. The average molecular weight is 265 g/mol. The fourth-order valence-electron chi connectivity index (χ4n) is 2.39. The Morgan fingerprint density at radius 1 is 1.53 bits per heavy atom. The molecule has 0 saturated carbocycles. The number of aromatic nitrogens is 1. The number of hydrogen-bond donors (Lipinski definition) is 1. The molecule has 0 radical (unpaired) electrons. The number of nitrogens with one attached hydrogen (secondary N) is 1. The molecule has 19 heavy (non-hydrogen) atoms. The first kappa shape index (κ1) is 13.9. The summed E-state index contributed by atoms with van der Waals surface area (Å²) in [7, 11) is 2.13. The van der Waals surface area contributed by atoms with Gasteiger partial charge in [0.1, 0.15) is 0 Å². The molecule has 1 aromatic rings. The van der Waals surface area contributed by atoms with Crippen LogP contribution in [0.15, 0.2) is 18.3 Å². The summed E-state index contributed by atoms with van der Waals surface area (Å²) in [6.07, 6.45) is 4.68. The number of hydrogen-bond acceptors (Lipinski definition) is 3. The van der Waals surface area contributed by atoms with E-state index in [1.54, 1.807) is 0 Å². The molecule has 1 saturated heterocycles. The fourth-order valence-corrected chi connectivity index (χ4v) is 2.39. The van der Waals surface area contributed by atoms with Gasteiger partial charge in [-0.05, 0) is 51.4 Å². The minimum atomic E-state index is -0.622. The number of carbonyl (C=O) groups excluding carboxylic acids is 1. The van der Waals surface area contributed by atoms with Gasteiger partial charge < -0.3 is 10.2 Å². The van der Waals surface area contributed by atoms with Gasteiger partial charge in [-0.2, -0.15) is 4.39 Å². The van der Waals surface area contributed by atoms with Crippen LogP contribution in [-0.2, 0) is 0 Å². The summed E-state index contributed by atoms with van der Waals surface area (Å²) < 4.78 is 12.9. The SMILES string of the molecule is CN1CCC(CCNC(=O)c2ccnc(F)c2)CC1. The van der Waals surface area contributed by atoms with Crippen LogP contribution >= 0.6 is 0 Å². The highest BCUT2D eigenvalue weighted by atomic mass is 19.1. The Balaban J connectivity index is 1.72. The van der Waals surface area contributed by atoms with Crippen molar-refractivity contribution in [3.63, 3.8) is 0 Å². The zero-order valence-corrected chi connectivity index (χ0v) is 11.2. The molecule has 2 rings (SSSR count). The molecule has 104 valence electrons. The number of nitrogens with zero attached hydrogens (tertiary/aromatic N) is 2. The smallest absolute Gasteiger partial charge is 0.251 e. The first-order valence-electron chi connectivity index (χ1n) is 6.73. The summed E-state index contributed by atoms with van der Waals surface area (Å²) in [5.41, 5.74) is 0.330. The maximum atomic E-state index is 12.9. The standard InChI is InChI=1S/C14H20FN3O/c1-18-8-4-11(5-9-18)2-6-17-14(19)12-3-7-16-13(15)10-12/h3,7,10-11H,2,4-6,8-9H2,1H3,(H,17,19). The summed E-state index contributed by atoms with van der Waals surface area (Å²) >= 11 is 0. The Hall–Kier alpha value is -1.49. The van der Waals surface area contributed by atoms with Crippen LogP contribution in [0.5, 0.6) is 0 Å². The quantitative estimate of drug-likeness (QED) is 0.843. The second kappa shape index (κ2) is 6.61. The third-order valence-corrected chi connectivity index (χ3v) is 3.67. The van der Waals surface area contributed by atoms with Gasteiger partial charge in [0.2, 0.25) is 5.95 Å². The van der Waals surface area contributed by atoms with E-state index in [0.29, 0.717) is 18.0 Å². The van der Waals surface area contributed by atoms with Gasteiger partial charge >= 0.3 is 0 Å². The molecule has 0 aliphatic carbocycles. The van der Waals surface area contributed by atoms with E-state index >= 15 is 0 Å². The first-order chi connectivity index (χ1) is 9.15. The van der Waals surface area contributed by atoms with Crippen molar-refractivity contribution in [3.05, 3.63) is 29.8 Å². The summed E-state index contributed by atoms with van der Waals surface area (Å²) in [5.74, 6) is -0.164. The maximum absolute atomic E-state index is 12.9. The van der Waals surface area contributed by atoms with Crippen LogP contribution in [0.3, 0.4) is 0 Å². The minimum absolute atomic E-state index is 0.228. The van der Waals surface area contributed by atoms with Crippen molar-refractivity contribution in [2.24, 2.45) is 5.92 Å². The minimum Gasteiger partial charge on any atom is -0.352 e. The van der Waals surface area contributed by atoms with Gasteiger partial charge in [0, 0.05) is 24.4 Å². The third-order valence-electron chi connectivity index (χ3n) is 3.67. The molecular weight excluding hydrogens is 245 g/mol. The lowest BCUT2D eigenvalue weighted by atomic mass is 9.94. The summed E-state index contributed by atoms with van der Waals surface area (Å²) in [6, 6.07) is 2.68. The highest BCUT2D eigenvalue weighted by molar-refractivity contribution is 5.93. The number of pyridine rings is 1. The van der Waals surface area contributed by atoms with E-state index in [2.05, 4.69) is 22.2 Å². The van der Waals surface area contributed by atoms with E-state index in [-0.39, 0.29) is 5.91 Å². The lowest BCUT2D eigenvalue weighted by Gasteiger charge is -2.28. The molecular formula is C14H20FN3O. The van der Waals surface area contributed by atoms with Gasteiger partial charge in [-0.3, -0.25) is 4.79 Å². The zero-order valence-electron chi connectivity index (χ0n) is 11.2. The fraction of sp³-hybridized carbons (Fsp3) is 0.571. The van der Waals surface area contributed by atoms with Gasteiger partial charge in [0.15, 0.2) is 0 Å². The van der Waals surface area contributed by atoms with Crippen LogP contribution in [0.1, 0.15) is 29.6 Å². The van der Waals surface area contributed by atoms with Gasteiger partial charge in [-0.25, -0.2) is 4.98 Å². The van der Waals surface area contributed by atoms with Crippen LogP contribution < -0.4 is 5.32 Å². The second-order valence-corrected chi connectivity index (χ2v) is 5.16. The zero-order chi connectivity index (χ0) is 13.7. The average Bonchev–Trinajstić information content (AvgIpc) is 2.41. The van der Waals surface area contributed by atoms with E-state index in [1.807, 2.05) is 0 Å².